The van der Waals surface area contributed by atoms with Gasteiger partial charge in [-0.1, -0.05) is 13.8 Å². The summed E-state index contributed by atoms with van der Waals surface area (Å²) in [5.41, 5.74) is 0. The SMILES string of the molecule is CCCC(=O)N1CCN(c2ncnc3sc(CC)cc23)CC1. The number of rotatable bonds is 4. The lowest BCUT2D eigenvalue weighted by atomic mass is 10.2. The van der Waals surface area contributed by atoms with Gasteiger partial charge in [-0.05, 0) is 18.9 Å². The van der Waals surface area contributed by atoms with Crippen LogP contribution in [0.15, 0.2) is 12.4 Å². The molecule has 0 saturated carbocycles. The molecule has 22 heavy (non-hydrogen) atoms. The predicted molar refractivity (Wildman–Crippen MR) is 90.5 cm³/mol. The van der Waals surface area contributed by atoms with Gasteiger partial charge in [-0.2, -0.15) is 0 Å². The van der Waals surface area contributed by atoms with Crippen LogP contribution in [0, 0.1) is 0 Å². The van der Waals surface area contributed by atoms with E-state index < -0.39 is 0 Å². The van der Waals surface area contributed by atoms with Crippen molar-refractivity contribution in [1.82, 2.24) is 14.9 Å². The van der Waals surface area contributed by atoms with Gasteiger partial charge in [0.05, 0.1) is 5.39 Å². The molecule has 6 heteroatoms. The molecule has 0 N–H and O–H groups in total. The van der Waals surface area contributed by atoms with Crippen LogP contribution in [-0.2, 0) is 11.2 Å². The van der Waals surface area contributed by atoms with Crippen molar-refractivity contribution in [3.05, 3.63) is 17.3 Å². The summed E-state index contributed by atoms with van der Waals surface area (Å²) in [6, 6.07) is 2.21. The van der Waals surface area contributed by atoms with E-state index in [1.165, 1.54) is 4.88 Å². The predicted octanol–water partition coefficient (Wildman–Crippen LogP) is 2.70. The van der Waals surface area contributed by atoms with E-state index in [9.17, 15) is 4.79 Å². The quantitative estimate of drug-likeness (QED) is 0.870. The Morgan fingerprint density at radius 1 is 1.23 bits per heavy atom. The fraction of sp³-hybridized carbons (Fsp3) is 0.562. The molecule has 2 aromatic heterocycles. The van der Waals surface area contributed by atoms with E-state index in [0.29, 0.717) is 6.42 Å². The smallest absolute Gasteiger partial charge is 0.222 e. The van der Waals surface area contributed by atoms with Gasteiger partial charge < -0.3 is 9.80 Å². The van der Waals surface area contributed by atoms with E-state index in [1.807, 2.05) is 11.8 Å². The molecule has 0 aromatic carbocycles. The van der Waals surface area contributed by atoms with Gasteiger partial charge in [-0.3, -0.25) is 4.79 Å². The lowest BCUT2D eigenvalue weighted by Gasteiger charge is -2.35. The van der Waals surface area contributed by atoms with Crippen molar-refractivity contribution in [3.63, 3.8) is 0 Å². The molecule has 0 unspecified atom stereocenters. The zero-order valence-electron chi connectivity index (χ0n) is 13.2. The zero-order chi connectivity index (χ0) is 15.5. The van der Waals surface area contributed by atoms with Gasteiger partial charge >= 0.3 is 0 Å². The number of nitrogens with zero attached hydrogens (tertiary/aromatic N) is 4. The summed E-state index contributed by atoms with van der Waals surface area (Å²) < 4.78 is 0. The van der Waals surface area contributed by atoms with Crippen molar-refractivity contribution in [1.29, 1.82) is 0 Å². The molecule has 5 nitrogen and oxygen atoms in total. The molecule has 3 heterocycles. The minimum absolute atomic E-state index is 0.277. The highest BCUT2D eigenvalue weighted by atomic mass is 32.1. The second-order valence-corrected chi connectivity index (χ2v) is 6.72. The summed E-state index contributed by atoms with van der Waals surface area (Å²) in [7, 11) is 0. The van der Waals surface area contributed by atoms with Crippen molar-refractivity contribution in [2.75, 3.05) is 31.1 Å². The lowest BCUT2D eigenvalue weighted by Crippen LogP contribution is -2.49. The largest absolute Gasteiger partial charge is 0.352 e. The maximum absolute atomic E-state index is 12.0. The molecular weight excluding hydrogens is 296 g/mol. The molecule has 0 spiro atoms. The highest BCUT2D eigenvalue weighted by Crippen LogP contribution is 2.30. The third kappa shape index (κ3) is 2.92. The molecule has 1 aliphatic heterocycles. The van der Waals surface area contributed by atoms with Gasteiger partial charge in [0.15, 0.2) is 0 Å². The zero-order valence-corrected chi connectivity index (χ0v) is 14.0. The van der Waals surface area contributed by atoms with Crippen LogP contribution < -0.4 is 4.90 Å². The summed E-state index contributed by atoms with van der Waals surface area (Å²) in [4.78, 5) is 27.5. The van der Waals surface area contributed by atoms with E-state index >= 15 is 0 Å². The van der Waals surface area contributed by atoms with Crippen LogP contribution in [0.25, 0.3) is 10.2 Å². The molecule has 0 radical (unpaired) electrons. The normalized spacial score (nSPS) is 15.5. The molecule has 118 valence electrons. The van der Waals surface area contributed by atoms with Crippen molar-refractivity contribution in [2.45, 2.75) is 33.1 Å². The van der Waals surface area contributed by atoms with Crippen molar-refractivity contribution >= 4 is 33.3 Å². The minimum Gasteiger partial charge on any atom is -0.352 e. The molecule has 1 saturated heterocycles. The average Bonchev–Trinajstić information content (AvgIpc) is 2.98. The second-order valence-electron chi connectivity index (χ2n) is 5.60. The van der Waals surface area contributed by atoms with Gasteiger partial charge in [0.25, 0.3) is 0 Å². The maximum Gasteiger partial charge on any atom is 0.222 e. The van der Waals surface area contributed by atoms with E-state index in [1.54, 1.807) is 17.7 Å². The van der Waals surface area contributed by atoms with Gasteiger partial charge in [0.1, 0.15) is 17.0 Å². The highest BCUT2D eigenvalue weighted by molar-refractivity contribution is 7.18. The van der Waals surface area contributed by atoms with Crippen molar-refractivity contribution < 1.29 is 4.79 Å². The number of hydrogen-bond donors (Lipinski definition) is 0. The lowest BCUT2D eigenvalue weighted by molar-refractivity contribution is -0.131. The number of carbonyl (C=O) groups is 1. The summed E-state index contributed by atoms with van der Waals surface area (Å²) >= 11 is 1.75. The third-order valence-corrected chi connectivity index (χ3v) is 5.29. The van der Waals surface area contributed by atoms with Gasteiger partial charge in [-0.25, -0.2) is 9.97 Å². The summed E-state index contributed by atoms with van der Waals surface area (Å²) in [6.45, 7) is 7.48. The van der Waals surface area contributed by atoms with E-state index in [2.05, 4.69) is 27.9 Å². The first kappa shape index (κ1) is 15.2. The number of aryl methyl sites for hydroxylation is 1. The van der Waals surface area contributed by atoms with E-state index in [4.69, 9.17) is 0 Å². The van der Waals surface area contributed by atoms with Gasteiger partial charge in [0, 0.05) is 37.5 Å². The van der Waals surface area contributed by atoms with Crippen LogP contribution >= 0.6 is 11.3 Å². The number of thiophene rings is 1. The Bertz CT molecular complexity index is 661. The monoisotopic (exact) mass is 318 g/mol. The minimum atomic E-state index is 0.277. The van der Waals surface area contributed by atoms with Gasteiger partial charge in [-0.15, -0.1) is 11.3 Å². The fourth-order valence-electron chi connectivity index (χ4n) is 2.86. The number of piperazine rings is 1. The number of carbonyl (C=O) groups excluding carboxylic acids is 1. The van der Waals surface area contributed by atoms with Crippen LogP contribution in [0.5, 0.6) is 0 Å². The Kier molecular flexibility index (Phi) is 4.57. The summed E-state index contributed by atoms with van der Waals surface area (Å²) in [5, 5.41) is 1.15. The number of amides is 1. The van der Waals surface area contributed by atoms with Crippen LogP contribution in [0.2, 0.25) is 0 Å². The Balaban J connectivity index is 1.76. The first-order valence-electron chi connectivity index (χ1n) is 7.99. The van der Waals surface area contributed by atoms with E-state index in [-0.39, 0.29) is 5.91 Å². The standard InChI is InChI=1S/C16H22N4OS/c1-3-5-14(21)19-6-8-20(9-7-19)15-13-10-12(4-2)22-16(13)18-11-17-15/h10-11H,3-9H2,1-2H3. The number of hydrogen-bond acceptors (Lipinski definition) is 5. The molecule has 1 aliphatic rings. The molecule has 0 aliphatic carbocycles. The third-order valence-electron chi connectivity index (χ3n) is 4.10. The highest BCUT2D eigenvalue weighted by Gasteiger charge is 2.23. The van der Waals surface area contributed by atoms with Crippen LogP contribution in [0.4, 0.5) is 5.82 Å². The summed E-state index contributed by atoms with van der Waals surface area (Å²) in [6.07, 6.45) is 4.25. The van der Waals surface area contributed by atoms with Crippen molar-refractivity contribution in [3.8, 4) is 0 Å². The van der Waals surface area contributed by atoms with Gasteiger partial charge in [0.2, 0.25) is 5.91 Å². The Morgan fingerprint density at radius 2 is 2.00 bits per heavy atom. The topological polar surface area (TPSA) is 49.3 Å². The number of anilines is 1. The molecule has 1 amide bonds. The van der Waals surface area contributed by atoms with E-state index in [0.717, 1.165) is 55.1 Å². The molecule has 0 atom stereocenters. The number of fused-ring (bicyclic) bond motifs is 1. The Hall–Kier alpha value is -1.69. The first-order chi connectivity index (χ1) is 10.7. The van der Waals surface area contributed by atoms with Crippen molar-refractivity contribution in [2.24, 2.45) is 0 Å². The van der Waals surface area contributed by atoms with Crippen LogP contribution in [0.1, 0.15) is 31.6 Å². The average molecular weight is 318 g/mol. The number of aromatic nitrogens is 2. The molecular formula is C16H22N4OS. The Labute approximate surface area is 135 Å². The first-order valence-corrected chi connectivity index (χ1v) is 8.80. The molecule has 3 rings (SSSR count). The molecule has 2 aromatic rings. The maximum atomic E-state index is 12.0. The second kappa shape index (κ2) is 6.60. The summed E-state index contributed by atoms with van der Waals surface area (Å²) in [5.74, 6) is 1.29. The Morgan fingerprint density at radius 3 is 2.68 bits per heavy atom. The molecule has 0 bridgehead atoms. The van der Waals surface area contributed by atoms with Crippen LogP contribution in [-0.4, -0.2) is 47.0 Å². The molecule has 1 fully saturated rings. The fourth-order valence-corrected chi connectivity index (χ4v) is 3.79. The van der Waals surface area contributed by atoms with Crippen LogP contribution in [0.3, 0.4) is 0 Å².